The Morgan fingerprint density at radius 1 is 1.14 bits per heavy atom. The summed E-state index contributed by atoms with van der Waals surface area (Å²) in [4.78, 5) is 50.5. The molecule has 1 aliphatic rings. The van der Waals surface area contributed by atoms with Gasteiger partial charge in [-0.25, -0.2) is 4.79 Å². The van der Waals surface area contributed by atoms with Crippen molar-refractivity contribution in [3.63, 3.8) is 0 Å². The summed E-state index contributed by atoms with van der Waals surface area (Å²) in [5.41, 5.74) is -2.17. The molecular weight excluding hydrogens is 380 g/mol. The molecule has 9 heteroatoms. The minimum Gasteiger partial charge on any atom is -0.462 e. The number of H-pyrrole nitrogens is 1. The minimum atomic E-state index is -0.769. The van der Waals surface area contributed by atoms with Gasteiger partial charge in [0.1, 0.15) is 25.0 Å². The van der Waals surface area contributed by atoms with Crippen molar-refractivity contribution in [2.75, 3.05) is 6.61 Å². The highest BCUT2D eigenvalue weighted by Gasteiger charge is 2.42. The van der Waals surface area contributed by atoms with Crippen LogP contribution in [0, 0.1) is 17.8 Å². The van der Waals surface area contributed by atoms with Crippen molar-refractivity contribution < 1.29 is 23.8 Å². The Labute approximate surface area is 169 Å². The van der Waals surface area contributed by atoms with Crippen molar-refractivity contribution in [3.05, 3.63) is 32.6 Å². The van der Waals surface area contributed by atoms with Gasteiger partial charge in [-0.2, -0.15) is 0 Å². The van der Waals surface area contributed by atoms with Crippen LogP contribution in [0.2, 0.25) is 0 Å². The molecule has 1 unspecified atom stereocenters. The summed E-state index contributed by atoms with van der Waals surface area (Å²) in [5, 5.41) is 0. The van der Waals surface area contributed by atoms with E-state index >= 15 is 0 Å². The lowest BCUT2D eigenvalue weighted by molar-refractivity contribution is -0.167. The summed E-state index contributed by atoms with van der Waals surface area (Å²) >= 11 is 0. The Morgan fingerprint density at radius 2 is 1.72 bits per heavy atom. The van der Waals surface area contributed by atoms with E-state index in [1.54, 1.807) is 48.5 Å². The van der Waals surface area contributed by atoms with Gasteiger partial charge in [-0.3, -0.25) is 23.9 Å². The molecule has 29 heavy (non-hydrogen) atoms. The number of nitrogens with one attached hydrogen (secondary N) is 1. The normalized spacial score (nSPS) is 22.4. The van der Waals surface area contributed by atoms with Crippen LogP contribution in [-0.4, -0.2) is 40.3 Å². The van der Waals surface area contributed by atoms with Gasteiger partial charge in [-0.05, 0) is 48.5 Å². The predicted octanol–water partition coefficient (Wildman–Crippen LogP) is 1.68. The van der Waals surface area contributed by atoms with E-state index in [0.717, 1.165) is 0 Å². The van der Waals surface area contributed by atoms with E-state index in [1.807, 2.05) is 0 Å². The van der Waals surface area contributed by atoms with Crippen LogP contribution >= 0.6 is 0 Å². The maximum absolute atomic E-state index is 12.4. The van der Waals surface area contributed by atoms with Crippen molar-refractivity contribution >= 4 is 11.9 Å². The number of hydrogen-bond acceptors (Lipinski definition) is 7. The third kappa shape index (κ3) is 5.56. The molecule has 1 aromatic heterocycles. The van der Waals surface area contributed by atoms with Crippen LogP contribution in [0.5, 0.6) is 0 Å². The van der Waals surface area contributed by atoms with Crippen LogP contribution in [0.15, 0.2) is 15.8 Å². The first-order valence-corrected chi connectivity index (χ1v) is 9.56. The molecule has 2 rings (SSSR count). The van der Waals surface area contributed by atoms with Crippen LogP contribution in [0.4, 0.5) is 0 Å². The SMILES string of the molecule is Cc1cn(C2C[C@@H](OC(=O)C(C)(C)C)[C@H](COC(=O)C(C)(C)C)O2)c(=O)[nH]c1=O. The number of ether oxygens (including phenoxy) is 3. The number of hydrogen-bond donors (Lipinski definition) is 1. The molecule has 1 fully saturated rings. The second-order valence-corrected chi connectivity index (χ2v) is 9.39. The van der Waals surface area contributed by atoms with Crippen molar-refractivity contribution in [3.8, 4) is 0 Å². The summed E-state index contributed by atoms with van der Waals surface area (Å²) in [6.07, 6.45) is -0.632. The van der Waals surface area contributed by atoms with E-state index in [0.29, 0.717) is 5.56 Å². The Kier molecular flexibility index (Phi) is 6.42. The summed E-state index contributed by atoms with van der Waals surface area (Å²) in [6.45, 7) is 11.8. The number of carbonyl (C=O) groups is 2. The molecule has 0 amide bonds. The molecule has 9 nitrogen and oxygen atoms in total. The highest BCUT2D eigenvalue weighted by molar-refractivity contribution is 5.76. The lowest BCUT2D eigenvalue weighted by Gasteiger charge is -2.24. The average Bonchev–Trinajstić information content (AvgIpc) is 2.96. The van der Waals surface area contributed by atoms with E-state index < -0.39 is 52.5 Å². The first kappa shape index (κ1) is 22.9. The lowest BCUT2D eigenvalue weighted by Crippen LogP contribution is -2.36. The molecular formula is C20H30N2O7. The quantitative estimate of drug-likeness (QED) is 0.751. The Balaban J connectivity index is 2.25. The van der Waals surface area contributed by atoms with E-state index in [9.17, 15) is 19.2 Å². The maximum Gasteiger partial charge on any atom is 0.330 e. The molecule has 2 heterocycles. The van der Waals surface area contributed by atoms with Crippen molar-refractivity contribution in [1.82, 2.24) is 9.55 Å². The van der Waals surface area contributed by atoms with Crippen molar-refractivity contribution in [2.24, 2.45) is 10.8 Å². The number of carbonyl (C=O) groups excluding carboxylic acids is 2. The van der Waals surface area contributed by atoms with Gasteiger partial charge in [0.25, 0.3) is 5.56 Å². The largest absolute Gasteiger partial charge is 0.462 e. The molecule has 1 N–H and O–H groups in total. The van der Waals surface area contributed by atoms with E-state index in [1.165, 1.54) is 10.8 Å². The number of aryl methyl sites for hydroxylation is 1. The van der Waals surface area contributed by atoms with Crippen molar-refractivity contribution in [1.29, 1.82) is 0 Å². The van der Waals surface area contributed by atoms with Crippen LogP contribution in [0.25, 0.3) is 0 Å². The monoisotopic (exact) mass is 410 g/mol. The fourth-order valence-corrected chi connectivity index (χ4v) is 2.63. The summed E-state index contributed by atoms with van der Waals surface area (Å²) in [6, 6.07) is 0. The number of aromatic amines is 1. The Bertz CT molecular complexity index is 886. The minimum absolute atomic E-state index is 0.119. The van der Waals surface area contributed by atoms with Gasteiger partial charge in [-0.15, -0.1) is 0 Å². The molecule has 0 saturated carbocycles. The van der Waals surface area contributed by atoms with E-state index in [4.69, 9.17) is 14.2 Å². The fraction of sp³-hybridized carbons (Fsp3) is 0.700. The smallest absolute Gasteiger partial charge is 0.330 e. The standard InChI is InChI=1S/C20H30N2O7/c1-11-9-22(18(26)21-15(11)23)14-8-12(29-17(25)20(5,6)7)13(28-14)10-27-16(24)19(2,3)4/h9,12-14H,8,10H2,1-7H3,(H,21,23,26)/t12-,13+,14?/m1/s1. The Hall–Kier alpha value is -2.42. The third-order valence-corrected chi connectivity index (χ3v) is 4.50. The summed E-state index contributed by atoms with van der Waals surface area (Å²) in [5.74, 6) is -0.841. The summed E-state index contributed by atoms with van der Waals surface area (Å²) in [7, 11) is 0. The third-order valence-electron chi connectivity index (χ3n) is 4.50. The number of nitrogens with zero attached hydrogens (tertiary/aromatic N) is 1. The molecule has 0 spiro atoms. The van der Waals surface area contributed by atoms with Crippen LogP contribution in [-0.2, 0) is 23.8 Å². The number of esters is 2. The van der Waals surface area contributed by atoms with Crippen LogP contribution in [0.3, 0.4) is 0 Å². The van der Waals surface area contributed by atoms with Gasteiger partial charge >= 0.3 is 17.6 Å². The highest BCUT2D eigenvalue weighted by Crippen LogP contribution is 2.32. The fourth-order valence-electron chi connectivity index (χ4n) is 2.63. The topological polar surface area (TPSA) is 117 Å². The molecule has 0 aromatic carbocycles. The first-order valence-electron chi connectivity index (χ1n) is 9.56. The molecule has 0 bridgehead atoms. The predicted molar refractivity (Wildman–Crippen MR) is 104 cm³/mol. The summed E-state index contributed by atoms with van der Waals surface area (Å²) < 4.78 is 18.1. The molecule has 0 aliphatic carbocycles. The van der Waals surface area contributed by atoms with Gasteiger partial charge in [0, 0.05) is 18.2 Å². The second kappa shape index (κ2) is 8.14. The molecule has 1 saturated heterocycles. The first-order chi connectivity index (χ1) is 13.2. The van der Waals surface area contributed by atoms with Gasteiger partial charge < -0.3 is 14.2 Å². The highest BCUT2D eigenvalue weighted by atomic mass is 16.6. The molecule has 3 atom stereocenters. The zero-order valence-electron chi connectivity index (χ0n) is 18.0. The molecule has 0 radical (unpaired) electrons. The molecule has 1 aromatic rings. The van der Waals surface area contributed by atoms with E-state index in [-0.39, 0.29) is 13.0 Å². The molecule has 1 aliphatic heterocycles. The number of rotatable bonds is 4. The molecule has 162 valence electrons. The lowest BCUT2D eigenvalue weighted by atomic mass is 9.97. The zero-order chi connectivity index (χ0) is 22.1. The average molecular weight is 410 g/mol. The van der Waals surface area contributed by atoms with Gasteiger partial charge in [-0.1, -0.05) is 0 Å². The van der Waals surface area contributed by atoms with Crippen molar-refractivity contribution in [2.45, 2.75) is 73.3 Å². The Morgan fingerprint density at radius 3 is 2.28 bits per heavy atom. The number of aromatic nitrogens is 2. The van der Waals surface area contributed by atoms with Gasteiger partial charge in [0.2, 0.25) is 0 Å². The second-order valence-electron chi connectivity index (χ2n) is 9.39. The van der Waals surface area contributed by atoms with E-state index in [2.05, 4.69) is 4.98 Å². The van der Waals surface area contributed by atoms with Crippen LogP contribution in [0.1, 0.15) is 59.8 Å². The van der Waals surface area contributed by atoms with Gasteiger partial charge in [0.05, 0.1) is 10.8 Å². The zero-order valence-corrected chi connectivity index (χ0v) is 18.0. The van der Waals surface area contributed by atoms with Crippen LogP contribution < -0.4 is 11.2 Å². The van der Waals surface area contributed by atoms with Gasteiger partial charge in [0.15, 0.2) is 0 Å². The maximum atomic E-state index is 12.4.